The second kappa shape index (κ2) is 4.44. The van der Waals surface area contributed by atoms with Crippen LogP contribution in [0.3, 0.4) is 0 Å². The van der Waals surface area contributed by atoms with Gasteiger partial charge < -0.3 is 0 Å². The maximum Gasteiger partial charge on any atom is 0.0716 e. The molecule has 0 bridgehead atoms. The first kappa shape index (κ1) is 7.28. The summed E-state index contributed by atoms with van der Waals surface area (Å²) < 4.78 is 0. The zero-order valence-electron chi connectivity index (χ0n) is 4.93. The lowest BCUT2D eigenvalue weighted by Crippen LogP contribution is -1.71. The molecule has 0 saturated heterocycles. The molecule has 0 amide bonds. The summed E-state index contributed by atoms with van der Waals surface area (Å²) in [6.07, 6.45) is 5.80. The molecular formula is C7H9B. The quantitative estimate of drug-likeness (QED) is 0.378. The Morgan fingerprint density at radius 3 is 2.25 bits per heavy atom. The summed E-state index contributed by atoms with van der Waals surface area (Å²) >= 11 is 0. The predicted molar refractivity (Wildman–Crippen MR) is 39.0 cm³/mol. The first-order valence-electron chi connectivity index (χ1n) is 2.49. The van der Waals surface area contributed by atoms with Gasteiger partial charge in [0.25, 0.3) is 0 Å². The van der Waals surface area contributed by atoms with E-state index in [1.807, 2.05) is 6.08 Å². The summed E-state index contributed by atoms with van der Waals surface area (Å²) in [5.41, 5.74) is 1.01. The molecule has 0 aromatic heterocycles. The molecule has 0 fully saturated rings. The number of rotatable bonds is 3. The molecule has 0 atom stereocenters. The molecule has 0 aliphatic rings. The van der Waals surface area contributed by atoms with Gasteiger partial charge in [0, 0.05) is 0 Å². The van der Waals surface area contributed by atoms with Crippen molar-refractivity contribution in [3.63, 3.8) is 0 Å². The average molecular weight is 104 g/mol. The minimum atomic E-state index is 0.537. The summed E-state index contributed by atoms with van der Waals surface area (Å²) in [5.74, 6) is 0. The van der Waals surface area contributed by atoms with E-state index in [9.17, 15) is 0 Å². The Labute approximate surface area is 52.0 Å². The highest BCUT2D eigenvalue weighted by Crippen LogP contribution is 1.98. The van der Waals surface area contributed by atoms with Crippen molar-refractivity contribution in [2.45, 2.75) is 6.32 Å². The van der Waals surface area contributed by atoms with Crippen LogP contribution >= 0.6 is 0 Å². The van der Waals surface area contributed by atoms with Gasteiger partial charge in [-0.3, -0.25) is 0 Å². The Balaban J connectivity index is 3.84. The first-order chi connectivity index (χ1) is 3.85. The van der Waals surface area contributed by atoms with Crippen molar-refractivity contribution in [1.29, 1.82) is 0 Å². The van der Waals surface area contributed by atoms with Crippen LogP contribution in [0.5, 0.6) is 0 Å². The van der Waals surface area contributed by atoms with Gasteiger partial charge in [0.05, 0.1) is 7.85 Å². The van der Waals surface area contributed by atoms with Crippen molar-refractivity contribution in [2.75, 3.05) is 0 Å². The molecule has 0 saturated carbocycles. The van der Waals surface area contributed by atoms with Gasteiger partial charge in [-0.2, -0.15) is 0 Å². The van der Waals surface area contributed by atoms with Gasteiger partial charge in [0.1, 0.15) is 0 Å². The zero-order chi connectivity index (χ0) is 6.41. The third kappa shape index (κ3) is 2.46. The van der Waals surface area contributed by atoms with Crippen molar-refractivity contribution in [1.82, 2.24) is 0 Å². The highest BCUT2D eigenvalue weighted by atomic mass is 13.8. The van der Waals surface area contributed by atoms with E-state index in [-0.39, 0.29) is 0 Å². The van der Waals surface area contributed by atoms with Crippen LogP contribution in [-0.4, -0.2) is 7.85 Å². The van der Waals surface area contributed by atoms with Crippen molar-refractivity contribution in [3.05, 3.63) is 37.0 Å². The monoisotopic (exact) mass is 104 g/mol. The smallest absolute Gasteiger partial charge is 0.0716 e. The molecule has 0 nitrogen and oxygen atoms in total. The summed E-state index contributed by atoms with van der Waals surface area (Å²) in [6, 6.07) is 0. The SMILES string of the molecule is [B]C/C(C=C)=C/C=C. The molecule has 0 aliphatic carbocycles. The maximum absolute atomic E-state index is 5.28. The number of hydrogen-bond donors (Lipinski definition) is 0. The molecule has 0 aliphatic heterocycles. The summed E-state index contributed by atoms with van der Waals surface area (Å²) in [4.78, 5) is 0. The maximum atomic E-state index is 5.28. The minimum Gasteiger partial charge on any atom is -0.0991 e. The van der Waals surface area contributed by atoms with E-state index < -0.39 is 0 Å². The molecule has 0 N–H and O–H groups in total. The molecule has 1 heteroatoms. The fourth-order valence-corrected chi connectivity index (χ4v) is 0.371. The molecule has 0 aromatic rings. The normalized spacial score (nSPS) is 10.8. The molecule has 0 heterocycles. The van der Waals surface area contributed by atoms with E-state index in [1.165, 1.54) is 0 Å². The lowest BCUT2D eigenvalue weighted by molar-refractivity contribution is 1.52. The lowest BCUT2D eigenvalue weighted by Gasteiger charge is -1.89. The molecule has 0 aromatic carbocycles. The first-order valence-corrected chi connectivity index (χ1v) is 2.49. The van der Waals surface area contributed by atoms with E-state index in [0.29, 0.717) is 6.32 Å². The van der Waals surface area contributed by atoms with Crippen LogP contribution < -0.4 is 0 Å². The van der Waals surface area contributed by atoms with E-state index in [1.54, 1.807) is 12.2 Å². The van der Waals surface area contributed by atoms with Gasteiger partial charge in [-0.1, -0.05) is 43.3 Å². The van der Waals surface area contributed by atoms with Crippen LogP contribution in [0.4, 0.5) is 0 Å². The third-order valence-electron chi connectivity index (χ3n) is 0.830. The van der Waals surface area contributed by atoms with Gasteiger partial charge in [0.15, 0.2) is 0 Å². The Morgan fingerprint density at radius 2 is 2.12 bits per heavy atom. The molecule has 2 radical (unpaired) electrons. The van der Waals surface area contributed by atoms with Crippen LogP contribution in [0.25, 0.3) is 0 Å². The fourth-order valence-electron chi connectivity index (χ4n) is 0.371. The Bertz CT molecular complexity index is 112. The van der Waals surface area contributed by atoms with E-state index in [0.717, 1.165) is 5.57 Å². The molecule has 40 valence electrons. The van der Waals surface area contributed by atoms with Crippen LogP contribution in [0.2, 0.25) is 6.32 Å². The van der Waals surface area contributed by atoms with Crippen LogP contribution in [0, 0.1) is 0 Å². The van der Waals surface area contributed by atoms with Crippen molar-refractivity contribution < 1.29 is 0 Å². The number of hydrogen-bond acceptors (Lipinski definition) is 0. The van der Waals surface area contributed by atoms with Gasteiger partial charge >= 0.3 is 0 Å². The molecule has 0 unspecified atom stereocenters. The van der Waals surface area contributed by atoms with Crippen LogP contribution in [0.1, 0.15) is 0 Å². The van der Waals surface area contributed by atoms with E-state index in [4.69, 9.17) is 7.85 Å². The summed E-state index contributed by atoms with van der Waals surface area (Å²) in [6.45, 7) is 7.07. The van der Waals surface area contributed by atoms with Crippen LogP contribution in [-0.2, 0) is 0 Å². The minimum absolute atomic E-state index is 0.537. The van der Waals surface area contributed by atoms with Gasteiger partial charge in [-0.05, 0) is 0 Å². The van der Waals surface area contributed by atoms with Gasteiger partial charge in [0.2, 0.25) is 0 Å². The summed E-state index contributed by atoms with van der Waals surface area (Å²) in [5, 5.41) is 0. The van der Waals surface area contributed by atoms with Crippen molar-refractivity contribution in [3.8, 4) is 0 Å². The zero-order valence-corrected chi connectivity index (χ0v) is 4.93. The van der Waals surface area contributed by atoms with Crippen molar-refractivity contribution >= 4 is 7.85 Å². The van der Waals surface area contributed by atoms with Gasteiger partial charge in [-0.25, -0.2) is 0 Å². The second-order valence-electron chi connectivity index (χ2n) is 1.39. The Kier molecular flexibility index (Phi) is 4.05. The van der Waals surface area contributed by atoms with E-state index >= 15 is 0 Å². The van der Waals surface area contributed by atoms with Crippen LogP contribution in [0.15, 0.2) is 37.0 Å². The molecule has 0 spiro atoms. The number of allylic oxidation sites excluding steroid dienone is 4. The average Bonchev–Trinajstić information content (AvgIpc) is 1.83. The molecular weight excluding hydrogens is 94.9 g/mol. The standard InChI is InChI=1S/C7H9B/c1-3-5-7(4-2)6-8/h3-5H,1-2,6H2/b7-5+. The fraction of sp³-hybridized carbons (Fsp3) is 0.143. The molecule has 8 heavy (non-hydrogen) atoms. The molecule has 0 rings (SSSR count). The topological polar surface area (TPSA) is 0 Å². The summed E-state index contributed by atoms with van der Waals surface area (Å²) in [7, 11) is 5.28. The van der Waals surface area contributed by atoms with Crippen molar-refractivity contribution in [2.24, 2.45) is 0 Å². The highest BCUT2D eigenvalue weighted by Gasteiger charge is 1.78. The largest absolute Gasteiger partial charge is 0.0991 e. The highest BCUT2D eigenvalue weighted by molar-refractivity contribution is 6.10. The third-order valence-corrected chi connectivity index (χ3v) is 0.830. The second-order valence-corrected chi connectivity index (χ2v) is 1.39. The Morgan fingerprint density at radius 1 is 1.50 bits per heavy atom. The Hall–Kier alpha value is -0.715. The van der Waals surface area contributed by atoms with Gasteiger partial charge in [-0.15, -0.1) is 0 Å². The lowest BCUT2D eigenvalue weighted by atomic mass is 9.97. The van der Waals surface area contributed by atoms with E-state index in [2.05, 4.69) is 13.2 Å². The predicted octanol–water partition coefficient (Wildman–Crippen LogP) is 1.87.